The average molecular weight is 532 g/mol. The fourth-order valence-corrected chi connectivity index (χ4v) is 4.96. The third-order valence-electron chi connectivity index (χ3n) is 6.36. The molecule has 0 saturated carbocycles. The first-order valence-electron chi connectivity index (χ1n) is 11.0. The lowest BCUT2D eigenvalue weighted by atomic mass is 9.92. The van der Waals surface area contributed by atoms with Gasteiger partial charge in [-0.05, 0) is 59.5 Å². The van der Waals surface area contributed by atoms with Crippen molar-refractivity contribution in [2.24, 2.45) is 5.73 Å². The van der Waals surface area contributed by atoms with E-state index in [1.807, 2.05) is 0 Å². The van der Waals surface area contributed by atoms with E-state index in [1.165, 1.54) is 34.1 Å². The molecule has 1 fully saturated rings. The number of nitrogens with two attached hydrogens (primary N) is 1. The van der Waals surface area contributed by atoms with E-state index in [2.05, 4.69) is 20.8 Å². The number of aromatic nitrogens is 4. The Morgan fingerprint density at radius 2 is 1.86 bits per heavy atom. The highest BCUT2D eigenvalue weighted by Crippen LogP contribution is 2.40. The van der Waals surface area contributed by atoms with Gasteiger partial charge in [0.1, 0.15) is 29.6 Å². The predicted molar refractivity (Wildman–Crippen MR) is 124 cm³/mol. The lowest BCUT2D eigenvalue weighted by molar-refractivity contribution is -0.135. The highest BCUT2D eigenvalue weighted by molar-refractivity contribution is 6.31. The van der Waals surface area contributed by atoms with E-state index >= 15 is 4.39 Å². The van der Waals surface area contributed by atoms with Crippen LogP contribution in [0.15, 0.2) is 36.7 Å². The molecule has 10 nitrogen and oxygen atoms in total. The van der Waals surface area contributed by atoms with Gasteiger partial charge in [-0.15, -0.1) is 5.10 Å². The molecule has 2 atom stereocenters. The minimum atomic E-state index is -1.28. The summed E-state index contributed by atoms with van der Waals surface area (Å²) in [5.74, 6) is -5.68. The second kappa shape index (κ2) is 9.32. The van der Waals surface area contributed by atoms with Crippen molar-refractivity contribution in [2.75, 3.05) is 5.32 Å². The van der Waals surface area contributed by atoms with Crippen molar-refractivity contribution in [3.05, 3.63) is 70.3 Å². The average Bonchev–Trinajstić information content (AvgIpc) is 3.50. The number of carbonyl (C=O) groups excluding carboxylic acids is 3. The van der Waals surface area contributed by atoms with E-state index in [-0.39, 0.29) is 34.8 Å². The third kappa shape index (κ3) is 4.31. The minimum Gasteiger partial charge on any atom is -0.365 e. The number of primary amides is 1. The molecule has 2 unspecified atom stereocenters. The van der Waals surface area contributed by atoms with E-state index < -0.39 is 52.8 Å². The molecule has 190 valence electrons. The summed E-state index contributed by atoms with van der Waals surface area (Å²) in [5.41, 5.74) is 4.53. The summed E-state index contributed by atoms with van der Waals surface area (Å²) >= 11 is 6.01. The fourth-order valence-electron chi connectivity index (χ4n) is 4.80. The molecule has 0 radical (unpaired) electrons. The van der Waals surface area contributed by atoms with Crippen LogP contribution in [-0.2, 0) is 9.59 Å². The van der Waals surface area contributed by atoms with Crippen LogP contribution in [0.4, 0.5) is 18.9 Å². The molecule has 1 aromatic heterocycles. The second-order valence-corrected chi connectivity index (χ2v) is 8.95. The Bertz CT molecular complexity index is 1460. The number of rotatable bonds is 5. The Labute approximate surface area is 211 Å². The maximum Gasteiger partial charge on any atom is 0.254 e. The molecule has 2 aromatic carbocycles. The molecule has 5 rings (SSSR count). The minimum absolute atomic E-state index is 0.0705. The van der Waals surface area contributed by atoms with E-state index in [9.17, 15) is 23.2 Å². The van der Waals surface area contributed by atoms with Gasteiger partial charge >= 0.3 is 0 Å². The van der Waals surface area contributed by atoms with E-state index in [0.29, 0.717) is 12.0 Å². The number of tetrazole rings is 1. The molecule has 3 heterocycles. The van der Waals surface area contributed by atoms with Gasteiger partial charge in [-0.1, -0.05) is 11.6 Å². The number of hydrogen-bond donors (Lipinski definition) is 2. The van der Waals surface area contributed by atoms with Crippen molar-refractivity contribution < 1.29 is 27.6 Å². The van der Waals surface area contributed by atoms with Crippen LogP contribution in [0.25, 0.3) is 11.3 Å². The first-order chi connectivity index (χ1) is 17.7. The Morgan fingerprint density at radius 3 is 2.51 bits per heavy atom. The number of anilines is 1. The molecule has 2 aliphatic rings. The number of fused-ring (bicyclic) bond motifs is 1. The molecular weight excluding hydrogens is 515 g/mol. The predicted octanol–water partition coefficient (Wildman–Crippen LogP) is 2.62. The molecule has 3 N–H and O–H groups in total. The molecule has 3 amide bonds. The zero-order valence-corrected chi connectivity index (χ0v) is 19.5. The smallest absolute Gasteiger partial charge is 0.254 e. The van der Waals surface area contributed by atoms with Gasteiger partial charge in [0.15, 0.2) is 5.82 Å². The second-order valence-electron chi connectivity index (χ2n) is 8.54. The molecule has 0 spiro atoms. The number of hydrogen-bond acceptors (Lipinski definition) is 6. The third-order valence-corrected chi connectivity index (χ3v) is 6.65. The lowest BCUT2D eigenvalue weighted by Gasteiger charge is -2.33. The quantitative estimate of drug-likeness (QED) is 0.519. The van der Waals surface area contributed by atoms with Gasteiger partial charge in [-0.3, -0.25) is 14.4 Å². The SMILES string of the molecule is NC(=O)c1c(F)cc(NC(=O)C2CCC3CC(c4c(-n5cnnn5)ccc(Cl)c4F)=CC(=O)N32)cc1F. The molecule has 1 saturated heterocycles. The topological polar surface area (TPSA) is 136 Å². The van der Waals surface area contributed by atoms with Gasteiger partial charge in [0.05, 0.1) is 10.7 Å². The molecule has 2 aliphatic heterocycles. The normalized spacial score (nSPS) is 19.0. The molecule has 14 heteroatoms. The van der Waals surface area contributed by atoms with Crippen LogP contribution in [0.1, 0.15) is 35.2 Å². The number of benzene rings is 2. The summed E-state index contributed by atoms with van der Waals surface area (Å²) in [6.07, 6.45) is 3.42. The van der Waals surface area contributed by atoms with Crippen molar-refractivity contribution >= 4 is 40.6 Å². The van der Waals surface area contributed by atoms with Crippen LogP contribution in [0.2, 0.25) is 5.02 Å². The molecular formula is C23H17ClF3N7O3. The largest absolute Gasteiger partial charge is 0.365 e. The van der Waals surface area contributed by atoms with E-state index in [1.54, 1.807) is 0 Å². The van der Waals surface area contributed by atoms with Crippen LogP contribution in [-0.4, -0.2) is 54.9 Å². The first kappa shape index (κ1) is 24.4. The maximum absolute atomic E-state index is 15.2. The van der Waals surface area contributed by atoms with Gasteiger partial charge in [0.2, 0.25) is 11.8 Å². The van der Waals surface area contributed by atoms with E-state index in [0.717, 1.165) is 12.1 Å². The lowest BCUT2D eigenvalue weighted by Crippen LogP contribution is -2.48. The van der Waals surface area contributed by atoms with Gasteiger partial charge in [0, 0.05) is 23.4 Å². The van der Waals surface area contributed by atoms with Gasteiger partial charge < -0.3 is 16.0 Å². The van der Waals surface area contributed by atoms with Crippen molar-refractivity contribution in [3.63, 3.8) is 0 Å². The summed E-state index contributed by atoms with van der Waals surface area (Å²) in [6, 6.07) is 3.06. The standard InChI is InChI=1S/C23H17ClF3N7O3/c24-13-2-4-16(33-9-29-31-32-33)19(21(13)27)10-5-12-1-3-17(34(12)18(35)6-10)23(37)30-11-7-14(25)20(22(28)36)15(26)8-11/h2,4,6-9,12,17H,1,3,5H2,(H2,28,36)(H,30,37). The molecule has 0 aliphatic carbocycles. The summed E-state index contributed by atoms with van der Waals surface area (Å²) in [7, 11) is 0. The van der Waals surface area contributed by atoms with Crippen molar-refractivity contribution in [3.8, 4) is 5.69 Å². The molecule has 3 aromatic rings. The fraction of sp³-hybridized carbons (Fsp3) is 0.217. The Balaban J connectivity index is 1.42. The number of halogens is 4. The van der Waals surface area contributed by atoms with Crippen LogP contribution < -0.4 is 11.1 Å². The summed E-state index contributed by atoms with van der Waals surface area (Å²) in [4.78, 5) is 38.7. The highest BCUT2D eigenvalue weighted by atomic mass is 35.5. The monoisotopic (exact) mass is 531 g/mol. The number of nitrogens with zero attached hydrogens (tertiary/aromatic N) is 5. The highest BCUT2D eigenvalue weighted by Gasteiger charge is 2.43. The first-order valence-corrected chi connectivity index (χ1v) is 11.4. The van der Waals surface area contributed by atoms with Crippen molar-refractivity contribution in [1.29, 1.82) is 0 Å². The Hall–Kier alpha value is -4.26. The van der Waals surface area contributed by atoms with E-state index in [4.69, 9.17) is 17.3 Å². The van der Waals surface area contributed by atoms with Crippen LogP contribution in [0.5, 0.6) is 0 Å². The number of amides is 3. The Kier molecular flexibility index (Phi) is 6.15. The van der Waals surface area contributed by atoms with Gasteiger partial charge in [0.25, 0.3) is 5.91 Å². The van der Waals surface area contributed by atoms with Gasteiger partial charge in [-0.25, -0.2) is 13.2 Å². The molecule has 37 heavy (non-hydrogen) atoms. The summed E-state index contributed by atoms with van der Waals surface area (Å²) < 4.78 is 44.6. The summed E-state index contributed by atoms with van der Waals surface area (Å²) in [6.45, 7) is 0. The van der Waals surface area contributed by atoms with Crippen LogP contribution in [0, 0.1) is 17.5 Å². The molecule has 0 bridgehead atoms. The van der Waals surface area contributed by atoms with Crippen LogP contribution >= 0.6 is 11.6 Å². The zero-order chi connectivity index (χ0) is 26.4. The van der Waals surface area contributed by atoms with Crippen LogP contribution in [0.3, 0.4) is 0 Å². The maximum atomic E-state index is 15.2. The van der Waals surface area contributed by atoms with Crippen molar-refractivity contribution in [2.45, 2.75) is 31.3 Å². The zero-order valence-electron chi connectivity index (χ0n) is 18.8. The number of nitrogens with one attached hydrogen (secondary N) is 1. The van der Waals surface area contributed by atoms with Gasteiger partial charge in [-0.2, -0.15) is 4.68 Å². The van der Waals surface area contributed by atoms with Crippen molar-refractivity contribution in [1.82, 2.24) is 25.1 Å². The number of carbonyl (C=O) groups is 3. The Morgan fingerprint density at radius 1 is 1.14 bits per heavy atom. The summed E-state index contributed by atoms with van der Waals surface area (Å²) in [5, 5.41) is 13.2.